The van der Waals surface area contributed by atoms with Crippen LogP contribution in [0.5, 0.6) is 0 Å². The lowest BCUT2D eigenvalue weighted by Crippen LogP contribution is -2.47. The molecule has 0 aromatic heterocycles. The molecule has 0 atom stereocenters. The summed E-state index contributed by atoms with van der Waals surface area (Å²) in [7, 11) is 0. The van der Waals surface area contributed by atoms with Crippen molar-refractivity contribution in [2.45, 2.75) is 38.7 Å². The number of nitrogens with one attached hydrogen (secondary N) is 1. The summed E-state index contributed by atoms with van der Waals surface area (Å²) in [6, 6.07) is 0. The van der Waals surface area contributed by atoms with Crippen LogP contribution in [0.25, 0.3) is 0 Å². The third kappa shape index (κ3) is 4.56. The van der Waals surface area contributed by atoms with E-state index in [-0.39, 0.29) is 18.1 Å². The molecule has 0 aliphatic carbocycles. The first-order valence-corrected chi connectivity index (χ1v) is 8.09. The van der Waals surface area contributed by atoms with Crippen LogP contribution in [-0.4, -0.2) is 73.2 Å². The van der Waals surface area contributed by atoms with Crippen molar-refractivity contribution in [1.29, 1.82) is 0 Å². The minimum absolute atomic E-state index is 0.131. The Labute approximate surface area is 127 Å². The highest BCUT2D eigenvalue weighted by Crippen LogP contribution is 2.30. The van der Waals surface area contributed by atoms with Gasteiger partial charge in [-0.05, 0) is 32.6 Å². The second kappa shape index (κ2) is 7.96. The van der Waals surface area contributed by atoms with E-state index in [1.165, 1.54) is 0 Å². The van der Waals surface area contributed by atoms with E-state index in [0.717, 1.165) is 51.3 Å². The van der Waals surface area contributed by atoms with Gasteiger partial charge < -0.3 is 25.2 Å². The minimum atomic E-state index is -0.177. The molecule has 2 fully saturated rings. The Hall–Kier alpha value is -0.850. The van der Waals surface area contributed by atoms with Crippen LogP contribution in [0.2, 0.25) is 0 Å². The first-order valence-electron chi connectivity index (χ1n) is 8.09. The highest BCUT2D eigenvalue weighted by molar-refractivity contribution is 5.80. The van der Waals surface area contributed by atoms with Gasteiger partial charge in [0.15, 0.2) is 5.96 Å². The number of aliphatic imine (C=N–C) groups is 1. The van der Waals surface area contributed by atoms with Gasteiger partial charge in [-0.3, -0.25) is 4.99 Å². The Morgan fingerprint density at radius 2 is 2.00 bits per heavy atom. The molecule has 0 aromatic rings. The lowest BCUT2D eigenvalue weighted by molar-refractivity contribution is -0.0107. The summed E-state index contributed by atoms with van der Waals surface area (Å²) >= 11 is 0. The van der Waals surface area contributed by atoms with Gasteiger partial charge in [0.1, 0.15) is 0 Å². The summed E-state index contributed by atoms with van der Waals surface area (Å²) in [5.74, 6) is 0.906. The molecule has 0 amide bonds. The van der Waals surface area contributed by atoms with Crippen molar-refractivity contribution in [3.05, 3.63) is 0 Å². The average Bonchev–Trinajstić information content (AvgIpc) is 2.53. The molecule has 0 saturated carbocycles. The highest BCUT2D eigenvalue weighted by atomic mass is 16.5. The third-order valence-electron chi connectivity index (χ3n) is 4.55. The van der Waals surface area contributed by atoms with Crippen molar-refractivity contribution in [3.8, 4) is 0 Å². The van der Waals surface area contributed by atoms with E-state index in [1.54, 1.807) is 0 Å². The van der Waals surface area contributed by atoms with Crippen molar-refractivity contribution in [1.82, 2.24) is 10.2 Å². The Morgan fingerprint density at radius 1 is 1.33 bits per heavy atom. The maximum atomic E-state index is 9.74. The van der Waals surface area contributed by atoms with Gasteiger partial charge in [0.05, 0.1) is 19.3 Å². The lowest BCUT2D eigenvalue weighted by atomic mass is 9.81. The molecule has 0 radical (unpaired) electrons. The smallest absolute Gasteiger partial charge is 0.193 e. The summed E-state index contributed by atoms with van der Waals surface area (Å²) in [4.78, 5) is 6.97. The third-order valence-corrected chi connectivity index (χ3v) is 4.55. The Bertz CT molecular complexity index is 335. The monoisotopic (exact) mass is 299 g/mol. The van der Waals surface area contributed by atoms with Crippen LogP contribution in [0, 0.1) is 5.41 Å². The fourth-order valence-electron chi connectivity index (χ4n) is 2.92. The average molecular weight is 299 g/mol. The molecule has 0 aromatic carbocycles. The first-order chi connectivity index (χ1) is 10.2. The molecule has 2 aliphatic heterocycles. The summed E-state index contributed by atoms with van der Waals surface area (Å²) in [6.45, 7) is 6.78. The van der Waals surface area contributed by atoms with Crippen LogP contribution in [0.1, 0.15) is 32.6 Å². The summed E-state index contributed by atoms with van der Waals surface area (Å²) in [5, 5.41) is 22.7. The largest absolute Gasteiger partial charge is 0.396 e. The van der Waals surface area contributed by atoms with E-state index >= 15 is 0 Å². The summed E-state index contributed by atoms with van der Waals surface area (Å²) in [6.07, 6.45) is 3.15. The fraction of sp³-hybridized carbons (Fsp3) is 0.933. The number of aliphatic hydroxyl groups is 2. The number of piperidine rings is 1. The number of likely N-dealkylation sites (tertiary alicyclic amines) is 1. The molecule has 21 heavy (non-hydrogen) atoms. The molecule has 0 bridgehead atoms. The number of rotatable bonds is 4. The number of ether oxygens (including phenoxy) is 1. The standard InChI is InChI=1S/C15H29N3O3/c1-2-16-14(18-7-3-13(20)4-8-18)17-11-15(12-19)5-9-21-10-6-15/h13,19-20H,2-12H2,1H3,(H,16,17). The van der Waals surface area contributed by atoms with Crippen molar-refractivity contribution < 1.29 is 14.9 Å². The van der Waals surface area contributed by atoms with Gasteiger partial charge in [-0.25, -0.2) is 0 Å². The summed E-state index contributed by atoms with van der Waals surface area (Å²) < 4.78 is 5.40. The maximum Gasteiger partial charge on any atom is 0.193 e. The molecule has 6 heteroatoms. The Morgan fingerprint density at radius 3 is 2.57 bits per heavy atom. The van der Waals surface area contributed by atoms with Crippen LogP contribution >= 0.6 is 0 Å². The molecule has 2 heterocycles. The number of hydrogen-bond acceptors (Lipinski definition) is 4. The van der Waals surface area contributed by atoms with Crippen LogP contribution in [0.3, 0.4) is 0 Å². The van der Waals surface area contributed by atoms with Crippen LogP contribution in [0.4, 0.5) is 0 Å². The van der Waals surface area contributed by atoms with Gasteiger partial charge in [-0.1, -0.05) is 0 Å². The van der Waals surface area contributed by atoms with Crippen molar-refractivity contribution >= 4 is 5.96 Å². The number of nitrogens with zero attached hydrogens (tertiary/aromatic N) is 2. The van der Waals surface area contributed by atoms with E-state index < -0.39 is 0 Å². The maximum absolute atomic E-state index is 9.74. The molecule has 3 N–H and O–H groups in total. The number of aliphatic hydroxyl groups excluding tert-OH is 2. The zero-order chi connectivity index (χ0) is 15.1. The number of guanidine groups is 1. The number of hydrogen-bond donors (Lipinski definition) is 3. The van der Waals surface area contributed by atoms with Gasteiger partial charge in [-0.15, -0.1) is 0 Å². The predicted octanol–water partition coefficient (Wildman–Crippen LogP) is 0.198. The molecular weight excluding hydrogens is 270 g/mol. The van der Waals surface area contributed by atoms with Crippen LogP contribution in [-0.2, 0) is 4.74 Å². The molecular formula is C15H29N3O3. The van der Waals surface area contributed by atoms with E-state index in [4.69, 9.17) is 9.73 Å². The van der Waals surface area contributed by atoms with Gasteiger partial charge in [-0.2, -0.15) is 0 Å². The Kier molecular flexibility index (Phi) is 6.26. The van der Waals surface area contributed by atoms with E-state index in [2.05, 4.69) is 17.1 Å². The quantitative estimate of drug-likeness (QED) is 0.510. The fourth-order valence-corrected chi connectivity index (χ4v) is 2.92. The first kappa shape index (κ1) is 16.5. The second-order valence-electron chi connectivity index (χ2n) is 6.16. The van der Waals surface area contributed by atoms with Crippen molar-refractivity contribution in [2.24, 2.45) is 10.4 Å². The van der Waals surface area contributed by atoms with E-state index in [0.29, 0.717) is 19.8 Å². The van der Waals surface area contributed by atoms with E-state index in [1.807, 2.05) is 0 Å². The minimum Gasteiger partial charge on any atom is -0.396 e. The zero-order valence-electron chi connectivity index (χ0n) is 13.1. The van der Waals surface area contributed by atoms with Gasteiger partial charge in [0.25, 0.3) is 0 Å². The van der Waals surface area contributed by atoms with Gasteiger partial charge in [0.2, 0.25) is 0 Å². The topological polar surface area (TPSA) is 77.3 Å². The second-order valence-corrected chi connectivity index (χ2v) is 6.16. The van der Waals surface area contributed by atoms with E-state index in [9.17, 15) is 10.2 Å². The Balaban J connectivity index is 1.99. The highest BCUT2D eigenvalue weighted by Gasteiger charge is 2.32. The molecule has 0 spiro atoms. The SMILES string of the molecule is CCNC(=NCC1(CO)CCOCC1)N1CCC(O)CC1. The van der Waals surface area contributed by atoms with Gasteiger partial charge >= 0.3 is 0 Å². The molecule has 122 valence electrons. The molecule has 2 saturated heterocycles. The van der Waals surface area contributed by atoms with Crippen LogP contribution < -0.4 is 5.32 Å². The molecule has 2 aliphatic rings. The van der Waals surface area contributed by atoms with Crippen LogP contribution in [0.15, 0.2) is 4.99 Å². The normalized spacial score (nSPS) is 24.1. The van der Waals surface area contributed by atoms with Crippen molar-refractivity contribution in [2.75, 3.05) is 46.0 Å². The predicted molar refractivity (Wildman–Crippen MR) is 82.4 cm³/mol. The lowest BCUT2D eigenvalue weighted by Gasteiger charge is -2.36. The molecule has 6 nitrogen and oxygen atoms in total. The molecule has 0 unspecified atom stereocenters. The zero-order valence-corrected chi connectivity index (χ0v) is 13.1. The molecule has 2 rings (SSSR count). The summed E-state index contributed by atoms with van der Waals surface area (Å²) in [5.41, 5.74) is -0.131. The van der Waals surface area contributed by atoms with Gasteiger partial charge in [0, 0.05) is 38.3 Å². The van der Waals surface area contributed by atoms with Crippen molar-refractivity contribution in [3.63, 3.8) is 0 Å².